The Hall–Kier alpha value is -1.51. The Morgan fingerprint density at radius 2 is 2.10 bits per heavy atom. The second-order valence-corrected chi connectivity index (χ2v) is 6.82. The van der Waals surface area contributed by atoms with Crippen molar-refractivity contribution < 1.29 is 9.53 Å². The summed E-state index contributed by atoms with van der Waals surface area (Å²) in [6.45, 7) is 5.88. The molecular weight excluding hydrogens is 262 g/mol. The van der Waals surface area contributed by atoms with Gasteiger partial charge in [0.15, 0.2) is 6.10 Å². The lowest BCUT2D eigenvalue weighted by molar-refractivity contribution is -0.128. The van der Waals surface area contributed by atoms with Gasteiger partial charge in [-0.25, -0.2) is 0 Å². The minimum absolute atomic E-state index is 0.0217. The van der Waals surface area contributed by atoms with Gasteiger partial charge in [-0.3, -0.25) is 4.79 Å². The molecule has 2 fully saturated rings. The predicted octanol–water partition coefficient (Wildman–Crippen LogP) is 3.38. The standard InChI is InChI=1S/C18H25NO2/c1-11-4-5-12(2)17(8-11)21-13(3)18(20)19-16-10-14-6-7-15(16)9-14/h4-5,8,13-16H,6-7,9-10H2,1-3H3,(H,19,20)/t13-,14+,15+,16-/m1/s1. The van der Waals surface area contributed by atoms with Gasteiger partial charge in [0.05, 0.1) is 0 Å². The zero-order valence-corrected chi connectivity index (χ0v) is 13.2. The van der Waals surface area contributed by atoms with Crippen molar-refractivity contribution in [1.82, 2.24) is 5.32 Å². The van der Waals surface area contributed by atoms with Crippen LogP contribution >= 0.6 is 0 Å². The fourth-order valence-electron chi connectivity index (χ4n) is 3.80. The van der Waals surface area contributed by atoms with Crippen LogP contribution < -0.4 is 10.1 Å². The van der Waals surface area contributed by atoms with Crippen LogP contribution in [-0.4, -0.2) is 18.1 Å². The summed E-state index contributed by atoms with van der Waals surface area (Å²) in [6, 6.07) is 6.46. The Balaban J connectivity index is 1.58. The van der Waals surface area contributed by atoms with Crippen LogP contribution in [0, 0.1) is 25.7 Å². The first kappa shape index (κ1) is 14.4. The average Bonchev–Trinajstić information content (AvgIpc) is 3.05. The first-order valence-corrected chi connectivity index (χ1v) is 8.07. The van der Waals surface area contributed by atoms with Gasteiger partial charge < -0.3 is 10.1 Å². The minimum Gasteiger partial charge on any atom is -0.481 e. The highest BCUT2D eigenvalue weighted by atomic mass is 16.5. The fourth-order valence-corrected chi connectivity index (χ4v) is 3.80. The van der Waals surface area contributed by atoms with Gasteiger partial charge in [-0.1, -0.05) is 18.6 Å². The number of fused-ring (bicyclic) bond motifs is 2. The number of aryl methyl sites for hydroxylation is 2. The van der Waals surface area contributed by atoms with Gasteiger partial charge in [-0.2, -0.15) is 0 Å². The third kappa shape index (κ3) is 3.07. The fraction of sp³-hybridized carbons (Fsp3) is 0.611. The van der Waals surface area contributed by atoms with E-state index in [1.54, 1.807) is 0 Å². The van der Waals surface area contributed by atoms with Gasteiger partial charge >= 0.3 is 0 Å². The number of nitrogens with one attached hydrogen (secondary N) is 1. The second kappa shape index (κ2) is 5.70. The van der Waals surface area contributed by atoms with Crippen molar-refractivity contribution in [3.05, 3.63) is 29.3 Å². The largest absolute Gasteiger partial charge is 0.481 e. The number of rotatable bonds is 4. The molecule has 2 bridgehead atoms. The number of carbonyl (C=O) groups excluding carboxylic acids is 1. The van der Waals surface area contributed by atoms with Gasteiger partial charge in [0.2, 0.25) is 0 Å². The molecule has 0 spiro atoms. The molecule has 1 N–H and O–H groups in total. The van der Waals surface area contributed by atoms with Crippen molar-refractivity contribution in [2.24, 2.45) is 11.8 Å². The Morgan fingerprint density at radius 1 is 1.29 bits per heavy atom. The minimum atomic E-state index is -0.440. The van der Waals surface area contributed by atoms with Crippen LogP contribution in [0.4, 0.5) is 0 Å². The Labute approximate surface area is 127 Å². The molecule has 2 aliphatic rings. The SMILES string of the molecule is Cc1ccc(C)c(O[C@H](C)C(=O)N[C@@H]2C[C@H]3CC[C@H]2C3)c1. The van der Waals surface area contributed by atoms with Gasteiger partial charge in [0.25, 0.3) is 5.91 Å². The molecule has 3 heteroatoms. The molecule has 3 nitrogen and oxygen atoms in total. The Bertz CT molecular complexity index is 540. The molecule has 2 aliphatic carbocycles. The summed E-state index contributed by atoms with van der Waals surface area (Å²) in [6.07, 6.45) is 4.65. The number of amides is 1. The van der Waals surface area contributed by atoms with Gasteiger partial charge in [0.1, 0.15) is 5.75 Å². The zero-order valence-electron chi connectivity index (χ0n) is 13.2. The van der Waals surface area contributed by atoms with E-state index in [-0.39, 0.29) is 5.91 Å². The molecule has 1 aromatic rings. The van der Waals surface area contributed by atoms with Crippen molar-refractivity contribution in [1.29, 1.82) is 0 Å². The summed E-state index contributed by atoms with van der Waals surface area (Å²) >= 11 is 0. The summed E-state index contributed by atoms with van der Waals surface area (Å²) in [5, 5.41) is 3.20. The van der Waals surface area contributed by atoms with Crippen molar-refractivity contribution in [2.45, 2.75) is 58.6 Å². The normalized spacial score (nSPS) is 28.4. The molecule has 0 unspecified atom stereocenters. The third-order valence-electron chi connectivity index (χ3n) is 5.08. The first-order valence-electron chi connectivity index (χ1n) is 8.07. The molecule has 1 amide bonds. The predicted molar refractivity (Wildman–Crippen MR) is 83.4 cm³/mol. The summed E-state index contributed by atoms with van der Waals surface area (Å²) in [5.74, 6) is 2.38. The maximum absolute atomic E-state index is 12.3. The molecule has 2 saturated carbocycles. The molecule has 1 aromatic carbocycles. The summed E-state index contributed by atoms with van der Waals surface area (Å²) in [4.78, 5) is 12.3. The summed E-state index contributed by atoms with van der Waals surface area (Å²) < 4.78 is 5.87. The van der Waals surface area contributed by atoms with Gasteiger partial charge in [0, 0.05) is 6.04 Å². The quantitative estimate of drug-likeness (QED) is 0.922. The Kier molecular flexibility index (Phi) is 3.92. The van der Waals surface area contributed by atoms with E-state index < -0.39 is 6.10 Å². The first-order chi connectivity index (χ1) is 10.0. The lowest BCUT2D eigenvalue weighted by Crippen LogP contribution is -2.44. The lowest BCUT2D eigenvalue weighted by Gasteiger charge is -2.25. The van der Waals surface area contributed by atoms with E-state index in [1.165, 1.54) is 19.3 Å². The second-order valence-electron chi connectivity index (χ2n) is 6.82. The van der Waals surface area contributed by atoms with Gasteiger partial charge in [-0.15, -0.1) is 0 Å². The number of carbonyl (C=O) groups is 1. The van der Waals surface area contributed by atoms with Crippen LogP contribution in [0.25, 0.3) is 0 Å². The number of benzene rings is 1. The van der Waals surface area contributed by atoms with Crippen LogP contribution in [0.5, 0.6) is 5.75 Å². The van der Waals surface area contributed by atoms with Crippen LogP contribution in [0.2, 0.25) is 0 Å². The van der Waals surface area contributed by atoms with E-state index in [9.17, 15) is 4.79 Å². The monoisotopic (exact) mass is 287 g/mol. The molecule has 0 saturated heterocycles. The molecule has 0 radical (unpaired) electrons. The number of hydrogen-bond donors (Lipinski definition) is 1. The molecule has 0 heterocycles. The lowest BCUT2D eigenvalue weighted by atomic mass is 9.95. The summed E-state index contributed by atoms with van der Waals surface area (Å²) in [7, 11) is 0. The zero-order chi connectivity index (χ0) is 15.0. The van der Waals surface area contributed by atoms with Crippen LogP contribution in [-0.2, 0) is 4.79 Å². The number of hydrogen-bond acceptors (Lipinski definition) is 2. The average molecular weight is 287 g/mol. The summed E-state index contributed by atoms with van der Waals surface area (Å²) in [5.41, 5.74) is 2.22. The highest BCUT2D eigenvalue weighted by Crippen LogP contribution is 2.44. The van der Waals surface area contributed by atoms with E-state index in [1.807, 2.05) is 32.9 Å². The van der Waals surface area contributed by atoms with Crippen LogP contribution in [0.1, 0.15) is 43.7 Å². The topological polar surface area (TPSA) is 38.3 Å². The van der Waals surface area contributed by atoms with Crippen molar-refractivity contribution in [3.8, 4) is 5.75 Å². The van der Waals surface area contributed by atoms with Crippen molar-refractivity contribution in [3.63, 3.8) is 0 Å². The van der Waals surface area contributed by atoms with Gasteiger partial charge in [-0.05, 0) is 69.1 Å². The van der Waals surface area contributed by atoms with E-state index >= 15 is 0 Å². The third-order valence-corrected chi connectivity index (χ3v) is 5.08. The molecule has 0 aromatic heterocycles. The molecule has 0 aliphatic heterocycles. The number of ether oxygens (including phenoxy) is 1. The van der Waals surface area contributed by atoms with E-state index in [0.29, 0.717) is 12.0 Å². The van der Waals surface area contributed by atoms with Crippen LogP contribution in [0.15, 0.2) is 18.2 Å². The molecule has 114 valence electrons. The highest BCUT2D eigenvalue weighted by molar-refractivity contribution is 5.81. The van der Waals surface area contributed by atoms with E-state index in [2.05, 4.69) is 11.4 Å². The maximum atomic E-state index is 12.3. The van der Waals surface area contributed by atoms with Crippen LogP contribution in [0.3, 0.4) is 0 Å². The van der Waals surface area contributed by atoms with Crippen molar-refractivity contribution >= 4 is 5.91 Å². The highest BCUT2D eigenvalue weighted by Gasteiger charge is 2.40. The van der Waals surface area contributed by atoms with E-state index in [4.69, 9.17) is 4.74 Å². The molecule has 4 atom stereocenters. The molecule has 3 rings (SSSR count). The van der Waals surface area contributed by atoms with Crippen molar-refractivity contribution in [2.75, 3.05) is 0 Å². The Morgan fingerprint density at radius 3 is 2.76 bits per heavy atom. The molecular formula is C18H25NO2. The molecule has 21 heavy (non-hydrogen) atoms. The smallest absolute Gasteiger partial charge is 0.261 e. The van der Waals surface area contributed by atoms with E-state index in [0.717, 1.165) is 29.2 Å². The maximum Gasteiger partial charge on any atom is 0.261 e.